The molecule has 0 bridgehead atoms. The number of amides is 1. The van der Waals surface area contributed by atoms with Crippen molar-refractivity contribution >= 4 is 50.9 Å². The van der Waals surface area contributed by atoms with Crippen molar-refractivity contribution in [2.45, 2.75) is 10.8 Å². The van der Waals surface area contributed by atoms with E-state index in [-0.39, 0.29) is 24.9 Å². The van der Waals surface area contributed by atoms with Gasteiger partial charge in [-0.1, -0.05) is 42.1 Å². The predicted molar refractivity (Wildman–Crippen MR) is 106 cm³/mol. The molecule has 0 atom stereocenters. The number of anilines is 1. The van der Waals surface area contributed by atoms with Gasteiger partial charge in [-0.15, -0.1) is 11.3 Å². The Morgan fingerprint density at radius 1 is 1.12 bits per heavy atom. The van der Waals surface area contributed by atoms with Crippen LogP contribution in [0.2, 0.25) is 0 Å². The molecule has 0 unspecified atom stereocenters. The lowest BCUT2D eigenvalue weighted by Crippen LogP contribution is -2.31. The standard InChI is InChI=1S/C19H18N2O3S2/c1-21(14-7-3-2-4-8-14)17(22)13-24-18(23)11-12-25-19-20-15-9-5-6-10-16(15)26-19/h2-10H,11-13H2,1H3. The number of rotatable bonds is 7. The van der Waals surface area contributed by atoms with Gasteiger partial charge in [0.15, 0.2) is 10.9 Å². The zero-order valence-corrected chi connectivity index (χ0v) is 15.9. The Bertz CT molecular complexity index is 863. The van der Waals surface area contributed by atoms with Gasteiger partial charge in [0.25, 0.3) is 5.91 Å². The smallest absolute Gasteiger partial charge is 0.307 e. The molecular weight excluding hydrogens is 368 g/mol. The zero-order chi connectivity index (χ0) is 18.4. The van der Waals surface area contributed by atoms with Gasteiger partial charge in [-0.2, -0.15) is 0 Å². The number of carbonyl (C=O) groups excluding carboxylic acids is 2. The van der Waals surface area contributed by atoms with Gasteiger partial charge in [0.1, 0.15) is 0 Å². The molecule has 7 heteroatoms. The van der Waals surface area contributed by atoms with Crippen LogP contribution in [0.4, 0.5) is 5.69 Å². The number of hydrogen-bond acceptors (Lipinski definition) is 6. The Kier molecular flexibility index (Phi) is 6.25. The van der Waals surface area contributed by atoms with Gasteiger partial charge in [0.05, 0.1) is 16.6 Å². The zero-order valence-electron chi connectivity index (χ0n) is 14.3. The van der Waals surface area contributed by atoms with Crippen LogP contribution in [0.25, 0.3) is 10.2 Å². The molecule has 2 aromatic carbocycles. The third kappa shape index (κ3) is 4.83. The van der Waals surface area contributed by atoms with E-state index in [4.69, 9.17) is 4.74 Å². The number of carbonyl (C=O) groups is 2. The van der Waals surface area contributed by atoms with Crippen molar-refractivity contribution in [3.05, 3.63) is 54.6 Å². The van der Waals surface area contributed by atoms with E-state index >= 15 is 0 Å². The second-order valence-electron chi connectivity index (χ2n) is 5.49. The number of ether oxygens (including phenoxy) is 1. The molecule has 1 aromatic heterocycles. The number of benzene rings is 2. The maximum atomic E-state index is 12.1. The van der Waals surface area contributed by atoms with E-state index in [9.17, 15) is 9.59 Å². The lowest BCUT2D eigenvalue weighted by atomic mass is 10.3. The number of para-hydroxylation sites is 2. The molecule has 0 saturated heterocycles. The Morgan fingerprint density at radius 3 is 2.62 bits per heavy atom. The first-order chi connectivity index (χ1) is 12.6. The summed E-state index contributed by atoms with van der Waals surface area (Å²) in [7, 11) is 1.66. The van der Waals surface area contributed by atoms with Crippen LogP contribution in [0.5, 0.6) is 0 Å². The average Bonchev–Trinajstić information content (AvgIpc) is 3.09. The average molecular weight is 386 g/mol. The summed E-state index contributed by atoms with van der Waals surface area (Å²) < 4.78 is 7.14. The summed E-state index contributed by atoms with van der Waals surface area (Å²) in [5.74, 6) is -0.0710. The molecule has 0 saturated carbocycles. The minimum Gasteiger partial charge on any atom is -0.456 e. The molecule has 0 aliphatic heterocycles. The molecule has 0 spiro atoms. The highest BCUT2D eigenvalue weighted by Crippen LogP contribution is 2.29. The van der Waals surface area contributed by atoms with Crippen LogP contribution >= 0.6 is 23.1 Å². The minimum atomic E-state index is -0.381. The van der Waals surface area contributed by atoms with Crippen LogP contribution in [0.3, 0.4) is 0 Å². The van der Waals surface area contributed by atoms with E-state index in [0.29, 0.717) is 5.75 Å². The maximum absolute atomic E-state index is 12.1. The van der Waals surface area contributed by atoms with Gasteiger partial charge in [0.2, 0.25) is 0 Å². The number of esters is 1. The molecule has 3 rings (SSSR count). The fourth-order valence-corrected chi connectivity index (χ4v) is 4.30. The first-order valence-corrected chi connectivity index (χ1v) is 9.89. The first-order valence-electron chi connectivity index (χ1n) is 8.09. The van der Waals surface area contributed by atoms with Crippen molar-refractivity contribution in [1.29, 1.82) is 0 Å². The van der Waals surface area contributed by atoms with Crippen LogP contribution < -0.4 is 4.90 Å². The highest BCUT2D eigenvalue weighted by Gasteiger charge is 2.13. The van der Waals surface area contributed by atoms with E-state index in [1.165, 1.54) is 16.7 Å². The topological polar surface area (TPSA) is 59.5 Å². The van der Waals surface area contributed by atoms with Gasteiger partial charge < -0.3 is 9.64 Å². The number of thioether (sulfide) groups is 1. The van der Waals surface area contributed by atoms with Crippen molar-refractivity contribution < 1.29 is 14.3 Å². The molecule has 26 heavy (non-hydrogen) atoms. The summed E-state index contributed by atoms with van der Waals surface area (Å²) >= 11 is 3.13. The number of hydrogen-bond donors (Lipinski definition) is 0. The fraction of sp³-hybridized carbons (Fsp3) is 0.211. The quantitative estimate of drug-likeness (QED) is 0.454. The molecule has 0 aliphatic carbocycles. The number of thiazole rings is 1. The summed E-state index contributed by atoms with van der Waals surface area (Å²) in [6.45, 7) is -0.254. The molecule has 5 nitrogen and oxygen atoms in total. The van der Waals surface area contributed by atoms with Crippen LogP contribution in [0.15, 0.2) is 58.9 Å². The molecule has 3 aromatic rings. The SMILES string of the molecule is CN(C(=O)COC(=O)CCSc1nc2ccccc2s1)c1ccccc1. The Balaban J connectivity index is 1.40. The van der Waals surface area contributed by atoms with Gasteiger partial charge in [-0.05, 0) is 24.3 Å². The lowest BCUT2D eigenvalue weighted by molar-refractivity contribution is -0.147. The summed E-state index contributed by atoms with van der Waals surface area (Å²) in [6.07, 6.45) is 0.239. The summed E-state index contributed by atoms with van der Waals surface area (Å²) in [5.41, 5.74) is 1.73. The lowest BCUT2D eigenvalue weighted by Gasteiger charge is -2.17. The maximum Gasteiger partial charge on any atom is 0.307 e. The molecular formula is C19H18N2O3S2. The number of aromatic nitrogens is 1. The van der Waals surface area contributed by atoms with Crippen molar-refractivity contribution in [3.8, 4) is 0 Å². The van der Waals surface area contributed by atoms with Gasteiger partial charge in [-0.25, -0.2) is 4.98 Å². The number of likely N-dealkylation sites (N-methyl/N-ethyl adjacent to an activating group) is 1. The summed E-state index contributed by atoms with van der Waals surface area (Å²) in [4.78, 5) is 29.9. The monoisotopic (exact) mass is 386 g/mol. The van der Waals surface area contributed by atoms with Crippen LogP contribution in [0.1, 0.15) is 6.42 Å². The molecule has 0 radical (unpaired) electrons. The second kappa shape index (κ2) is 8.82. The first kappa shape index (κ1) is 18.4. The van der Waals surface area contributed by atoms with E-state index in [1.54, 1.807) is 18.4 Å². The van der Waals surface area contributed by atoms with E-state index in [2.05, 4.69) is 4.98 Å². The van der Waals surface area contributed by atoms with Gasteiger partial charge in [0, 0.05) is 18.5 Å². The molecule has 134 valence electrons. The molecule has 0 aliphatic rings. The van der Waals surface area contributed by atoms with Crippen molar-refractivity contribution in [1.82, 2.24) is 4.98 Å². The highest BCUT2D eigenvalue weighted by molar-refractivity contribution is 8.01. The summed E-state index contributed by atoms with van der Waals surface area (Å²) in [6, 6.07) is 17.2. The van der Waals surface area contributed by atoms with E-state index < -0.39 is 0 Å². The molecule has 0 fully saturated rings. The Hall–Kier alpha value is -2.38. The van der Waals surface area contributed by atoms with Crippen molar-refractivity contribution in [2.24, 2.45) is 0 Å². The van der Waals surface area contributed by atoms with Gasteiger partial charge in [-0.3, -0.25) is 9.59 Å². The second-order valence-corrected chi connectivity index (χ2v) is 7.87. The third-order valence-electron chi connectivity index (χ3n) is 3.68. The van der Waals surface area contributed by atoms with Crippen LogP contribution in [0, 0.1) is 0 Å². The third-order valence-corrected chi connectivity index (χ3v) is 5.86. The number of nitrogens with zero attached hydrogens (tertiary/aromatic N) is 2. The van der Waals surface area contributed by atoms with Crippen LogP contribution in [-0.2, 0) is 14.3 Å². The van der Waals surface area contributed by atoms with Crippen molar-refractivity contribution in [3.63, 3.8) is 0 Å². The normalized spacial score (nSPS) is 10.7. The largest absolute Gasteiger partial charge is 0.456 e. The number of fused-ring (bicyclic) bond motifs is 1. The predicted octanol–water partition coefficient (Wildman–Crippen LogP) is 3.98. The Labute approximate surface area is 160 Å². The van der Waals surface area contributed by atoms with E-state index in [1.807, 2.05) is 54.6 Å². The summed E-state index contributed by atoms with van der Waals surface area (Å²) in [5, 5.41) is 0. The fourth-order valence-electron chi connectivity index (χ4n) is 2.24. The molecule has 0 N–H and O–H groups in total. The van der Waals surface area contributed by atoms with Crippen molar-refractivity contribution in [2.75, 3.05) is 24.3 Å². The van der Waals surface area contributed by atoms with Gasteiger partial charge >= 0.3 is 5.97 Å². The Morgan fingerprint density at radius 2 is 1.85 bits per heavy atom. The molecule has 1 heterocycles. The van der Waals surface area contributed by atoms with E-state index in [0.717, 1.165) is 20.2 Å². The minimum absolute atomic E-state index is 0.239. The highest BCUT2D eigenvalue weighted by atomic mass is 32.2. The molecule has 1 amide bonds. The van der Waals surface area contributed by atoms with Crippen LogP contribution in [-0.4, -0.2) is 36.3 Å².